The number of carboxylic acids is 1. The Morgan fingerprint density at radius 2 is 1.90 bits per heavy atom. The highest BCUT2D eigenvalue weighted by atomic mass is 32.1. The molecule has 4 heteroatoms. The van der Waals surface area contributed by atoms with Crippen LogP contribution in [0.4, 0.5) is 5.69 Å². The van der Waals surface area contributed by atoms with Gasteiger partial charge in [-0.15, -0.1) is 11.3 Å². The maximum atomic E-state index is 11.3. The van der Waals surface area contributed by atoms with Crippen LogP contribution in [0.5, 0.6) is 0 Å². The summed E-state index contributed by atoms with van der Waals surface area (Å²) in [5.74, 6) is -0.896. The molecule has 0 fully saturated rings. The fourth-order valence-corrected chi connectivity index (χ4v) is 3.25. The van der Waals surface area contributed by atoms with Crippen molar-refractivity contribution in [3.63, 3.8) is 0 Å². The van der Waals surface area contributed by atoms with Crippen LogP contribution < -0.4 is 5.32 Å². The molecule has 1 aromatic heterocycles. The highest BCUT2D eigenvalue weighted by Gasteiger charge is 2.11. The van der Waals surface area contributed by atoms with E-state index in [1.54, 1.807) is 17.4 Å². The van der Waals surface area contributed by atoms with E-state index >= 15 is 0 Å². The maximum Gasteiger partial charge on any atom is 0.336 e. The second-order valence-electron chi connectivity index (χ2n) is 4.89. The highest BCUT2D eigenvalue weighted by Crippen LogP contribution is 2.28. The smallest absolute Gasteiger partial charge is 0.336 e. The van der Waals surface area contributed by atoms with Gasteiger partial charge in [-0.05, 0) is 41.5 Å². The summed E-state index contributed by atoms with van der Waals surface area (Å²) in [6.07, 6.45) is 0. The molecule has 3 nitrogen and oxygen atoms in total. The molecule has 2 N–H and O–H groups in total. The molecule has 3 rings (SSSR count). The van der Waals surface area contributed by atoms with Gasteiger partial charge < -0.3 is 10.4 Å². The standard InChI is InChI=1S/C17H15NO2S/c1-11-8-9-21-16(11)10-18-15-7-6-14(17(19)20)12-4-2-3-5-13(12)15/h2-9,18H,10H2,1H3,(H,19,20). The quantitative estimate of drug-likeness (QED) is 0.744. The number of fused-ring (bicyclic) bond motifs is 1. The summed E-state index contributed by atoms with van der Waals surface area (Å²) < 4.78 is 0. The third-order valence-electron chi connectivity index (χ3n) is 3.56. The van der Waals surface area contributed by atoms with E-state index in [9.17, 15) is 9.90 Å². The lowest BCUT2D eigenvalue weighted by Crippen LogP contribution is -2.02. The Balaban J connectivity index is 1.98. The molecule has 0 aliphatic rings. The summed E-state index contributed by atoms with van der Waals surface area (Å²) in [6.45, 7) is 2.85. The Labute approximate surface area is 126 Å². The van der Waals surface area contributed by atoms with Gasteiger partial charge in [0.1, 0.15) is 0 Å². The number of rotatable bonds is 4. The first-order chi connectivity index (χ1) is 10.2. The minimum absolute atomic E-state index is 0.337. The fourth-order valence-electron chi connectivity index (χ4n) is 2.40. The fraction of sp³-hybridized carbons (Fsp3) is 0.118. The zero-order valence-corrected chi connectivity index (χ0v) is 12.4. The van der Waals surface area contributed by atoms with Crippen LogP contribution in [0.25, 0.3) is 10.8 Å². The largest absolute Gasteiger partial charge is 0.478 e. The first-order valence-corrected chi connectivity index (χ1v) is 7.56. The van der Waals surface area contributed by atoms with Crippen LogP contribution in [0.2, 0.25) is 0 Å². The Bertz CT molecular complexity index is 807. The van der Waals surface area contributed by atoms with Crippen molar-refractivity contribution in [3.05, 3.63) is 63.8 Å². The molecule has 0 atom stereocenters. The van der Waals surface area contributed by atoms with Crippen molar-refractivity contribution in [3.8, 4) is 0 Å². The first kappa shape index (κ1) is 13.6. The van der Waals surface area contributed by atoms with E-state index in [0.29, 0.717) is 5.56 Å². The average Bonchev–Trinajstić information content (AvgIpc) is 2.89. The maximum absolute atomic E-state index is 11.3. The van der Waals surface area contributed by atoms with E-state index in [1.165, 1.54) is 10.4 Å². The van der Waals surface area contributed by atoms with Crippen LogP contribution in [0, 0.1) is 6.92 Å². The van der Waals surface area contributed by atoms with Gasteiger partial charge in [0, 0.05) is 22.5 Å². The van der Waals surface area contributed by atoms with Crippen LogP contribution in [-0.4, -0.2) is 11.1 Å². The van der Waals surface area contributed by atoms with Crippen molar-refractivity contribution in [2.75, 3.05) is 5.32 Å². The monoisotopic (exact) mass is 297 g/mol. The molecule has 2 aromatic carbocycles. The van der Waals surface area contributed by atoms with Crippen LogP contribution in [0.3, 0.4) is 0 Å². The molecule has 0 saturated carbocycles. The number of thiophene rings is 1. The summed E-state index contributed by atoms with van der Waals surface area (Å²) in [4.78, 5) is 12.6. The molecule has 106 valence electrons. The topological polar surface area (TPSA) is 49.3 Å². The summed E-state index contributed by atoms with van der Waals surface area (Å²) in [6, 6.07) is 13.2. The van der Waals surface area contributed by atoms with Gasteiger partial charge in [-0.25, -0.2) is 4.79 Å². The SMILES string of the molecule is Cc1ccsc1CNc1ccc(C(=O)O)c2ccccc12. The summed E-state index contributed by atoms with van der Waals surface area (Å²) in [5.41, 5.74) is 2.57. The predicted octanol–water partition coefficient (Wildman–Crippen LogP) is 4.52. The number of carboxylic acid groups (broad SMARTS) is 1. The van der Waals surface area contributed by atoms with Crippen LogP contribution in [-0.2, 0) is 6.54 Å². The van der Waals surface area contributed by atoms with Gasteiger partial charge >= 0.3 is 5.97 Å². The van der Waals surface area contributed by atoms with Gasteiger partial charge in [-0.1, -0.05) is 24.3 Å². The molecule has 1 heterocycles. The number of anilines is 1. The predicted molar refractivity (Wildman–Crippen MR) is 87.3 cm³/mol. The van der Waals surface area contributed by atoms with Crippen molar-refractivity contribution < 1.29 is 9.90 Å². The van der Waals surface area contributed by atoms with Crippen molar-refractivity contribution in [2.45, 2.75) is 13.5 Å². The van der Waals surface area contributed by atoms with Crippen LogP contribution in [0.1, 0.15) is 20.8 Å². The first-order valence-electron chi connectivity index (χ1n) is 6.68. The zero-order chi connectivity index (χ0) is 14.8. The number of hydrogen-bond donors (Lipinski definition) is 2. The molecule has 0 unspecified atom stereocenters. The molecule has 0 saturated heterocycles. The van der Waals surface area contributed by atoms with Gasteiger partial charge in [0.2, 0.25) is 0 Å². The lowest BCUT2D eigenvalue weighted by Gasteiger charge is -2.11. The molecular weight excluding hydrogens is 282 g/mol. The molecule has 0 aliphatic carbocycles. The number of benzene rings is 2. The summed E-state index contributed by atoms with van der Waals surface area (Å²) in [5, 5.41) is 16.5. The van der Waals surface area contributed by atoms with Crippen LogP contribution in [0.15, 0.2) is 47.8 Å². The molecule has 0 spiro atoms. The van der Waals surface area contributed by atoms with E-state index in [1.807, 2.05) is 30.3 Å². The lowest BCUT2D eigenvalue weighted by molar-refractivity contribution is 0.0699. The number of aryl methyl sites for hydroxylation is 1. The van der Waals surface area contributed by atoms with E-state index < -0.39 is 5.97 Å². The summed E-state index contributed by atoms with van der Waals surface area (Å²) in [7, 11) is 0. The van der Waals surface area contributed by atoms with E-state index in [-0.39, 0.29) is 0 Å². The van der Waals surface area contributed by atoms with E-state index in [0.717, 1.165) is 23.0 Å². The van der Waals surface area contributed by atoms with Crippen LogP contribution >= 0.6 is 11.3 Å². The molecular formula is C17H15NO2S. The second-order valence-corrected chi connectivity index (χ2v) is 5.89. The van der Waals surface area contributed by atoms with Gasteiger partial charge in [0.15, 0.2) is 0 Å². The highest BCUT2D eigenvalue weighted by molar-refractivity contribution is 7.10. The van der Waals surface area contributed by atoms with E-state index in [2.05, 4.69) is 23.7 Å². The Hall–Kier alpha value is -2.33. The minimum atomic E-state index is -0.896. The Kier molecular flexibility index (Phi) is 3.62. The Morgan fingerprint density at radius 3 is 2.57 bits per heavy atom. The molecule has 0 aliphatic heterocycles. The normalized spacial score (nSPS) is 10.7. The lowest BCUT2D eigenvalue weighted by atomic mass is 10.0. The minimum Gasteiger partial charge on any atom is -0.478 e. The van der Waals surface area contributed by atoms with Gasteiger partial charge in [0.05, 0.1) is 5.56 Å². The molecule has 0 radical (unpaired) electrons. The number of nitrogens with one attached hydrogen (secondary N) is 1. The third kappa shape index (κ3) is 2.62. The van der Waals surface area contributed by atoms with Crippen molar-refractivity contribution in [1.82, 2.24) is 0 Å². The second kappa shape index (κ2) is 5.58. The van der Waals surface area contributed by atoms with E-state index in [4.69, 9.17) is 0 Å². The number of hydrogen-bond acceptors (Lipinski definition) is 3. The third-order valence-corrected chi connectivity index (χ3v) is 4.59. The molecule has 3 aromatic rings. The van der Waals surface area contributed by atoms with Gasteiger partial charge in [0.25, 0.3) is 0 Å². The molecule has 0 bridgehead atoms. The van der Waals surface area contributed by atoms with Gasteiger partial charge in [-0.2, -0.15) is 0 Å². The van der Waals surface area contributed by atoms with Crippen molar-refractivity contribution >= 4 is 33.8 Å². The van der Waals surface area contributed by atoms with Gasteiger partial charge in [-0.3, -0.25) is 0 Å². The molecule has 21 heavy (non-hydrogen) atoms. The number of carbonyl (C=O) groups is 1. The zero-order valence-electron chi connectivity index (χ0n) is 11.6. The number of aromatic carboxylic acids is 1. The van der Waals surface area contributed by atoms with Crippen molar-refractivity contribution in [1.29, 1.82) is 0 Å². The Morgan fingerprint density at radius 1 is 1.14 bits per heavy atom. The average molecular weight is 297 g/mol. The molecule has 0 amide bonds. The van der Waals surface area contributed by atoms with Crippen molar-refractivity contribution in [2.24, 2.45) is 0 Å². The summed E-state index contributed by atoms with van der Waals surface area (Å²) >= 11 is 1.73.